The van der Waals surface area contributed by atoms with Gasteiger partial charge in [0, 0.05) is 12.0 Å². The van der Waals surface area contributed by atoms with Crippen LogP contribution in [0, 0.1) is 5.92 Å². The number of carbonyl (C=O) groups excluding carboxylic acids is 1. The second-order valence-electron chi connectivity index (χ2n) is 5.41. The maximum absolute atomic E-state index is 12.6. The van der Waals surface area contributed by atoms with Gasteiger partial charge in [0.05, 0.1) is 0 Å². The third-order valence-corrected chi connectivity index (χ3v) is 2.59. The van der Waals surface area contributed by atoms with Crippen LogP contribution in [0.3, 0.4) is 0 Å². The van der Waals surface area contributed by atoms with E-state index in [4.69, 9.17) is 4.74 Å². The Balaban J connectivity index is 4.87. The first kappa shape index (κ1) is 18.0. The predicted octanol–water partition coefficient (Wildman–Crippen LogP) is 3.22. The van der Waals surface area contributed by atoms with E-state index in [0.29, 0.717) is 6.92 Å². The Labute approximate surface area is 111 Å². The molecule has 1 N–H and O–H groups in total. The number of carbonyl (C=O) groups is 1. The van der Waals surface area contributed by atoms with Gasteiger partial charge in [0.15, 0.2) is 5.60 Å². The Morgan fingerprint density at radius 2 is 1.84 bits per heavy atom. The van der Waals surface area contributed by atoms with Gasteiger partial charge in [0.25, 0.3) is 0 Å². The van der Waals surface area contributed by atoms with Crippen molar-refractivity contribution >= 4 is 5.97 Å². The van der Waals surface area contributed by atoms with Crippen LogP contribution in [0.1, 0.15) is 40.5 Å². The molecule has 19 heavy (non-hydrogen) atoms. The highest BCUT2D eigenvalue weighted by molar-refractivity contribution is 5.87. The third-order valence-electron chi connectivity index (χ3n) is 2.59. The molecule has 3 nitrogen and oxygen atoms in total. The van der Waals surface area contributed by atoms with E-state index in [2.05, 4.69) is 6.58 Å². The second kappa shape index (κ2) is 6.41. The van der Waals surface area contributed by atoms with E-state index in [1.807, 2.05) is 0 Å². The minimum absolute atomic E-state index is 0.0342. The number of rotatable bonds is 6. The number of esters is 1. The summed E-state index contributed by atoms with van der Waals surface area (Å²) in [6.45, 7) is 9.05. The number of hydrogen-bond donors (Lipinski definition) is 1. The molecule has 0 aromatic rings. The van der Waals surface area contributed by atoms with Crippen LogP contribution in [-0.4, -0.2) is 29.0 Å². The SMILES string of the molecule is C=C(C)C(=O)OC(CC(C)C)CC(C)(O)C(F)(F)F. The van der Waals surface area contributed by atoms with Crippen LogP contribution >= 0.6 is 0 Å². The van der Waals surface area contributed by atoms with Gasteiger partial charge in [-0.2, -0.15) is 13.2 Å². The molecule has 0 bridgehead atoms. The van der Waals surface area contributed by atoms with E-state index in [1.165, 1.54) is 6.92 Å². The van der Waals surface area contributed by atoms with E-state index in [-0.39, 0.29) is 17.9 Å². The molecule has 0 saturated carbocycles. The lowest BCUT2D eigenvalue weighted by atomic mass is 9.93. The number of hydrogen-bond acceptors (Lipinski definition) is 3. The largest absolute Gasteiger partial charge is 0.459 e. The van der Waals surface area contributed by atoms with E-state index < -0.39 is 30.3 Å². The molecule has 2 unspecified atom stereocenters. The fourth-order valence-corrected chi connectivity index (χ4v) is 1.51. The number of ether oxygens (including phenoxy) is 1. The smallest absolute Gasteiger partial charge is 0.417 e. The molecule has 6 heteroatoms. The molecular weight excluding hydrogens is 261 g/mol. The summed E-state index contributed by atoms with van der Waals surface area (Å²) in [4.78, 5) is 11.4. The molecule has 0 fully saturated rings. The molecule has 0 rings (SSSR count). The molecule has 0 saturated heterocycles. The maximum atomic E-state index is 12.6. The van der Waals surface area contributed by atoms with Crippen molar-refractivity contribution in [1.29, 1.82) is 0 Å². The first-order chi connectivity index (χ1) is 8.36. The average molecular weight is 282 g/mol. The van der Waals surface area contributed by atoms with Gasteiger partial charge in [0.1, 0.15) is 6.10 Å². The average Bonchev–Trinajstić information content (AvgIpc) is 2.13. The quantitative estimate of drug-likeness (QED) is 0.601. The Bertz CT molecular complexity index is 333. The van der Waals surface area contributed by atoms with Crippen molar-refractivity contribution in [2.45, 2.75) is 58.4 Å². The van der Waals surface area contributed by atoms with Crippen molar-refractivity contribution in [2.24, 2.45) is 5.92 Å². The Hall–Kier alpha value is -1.04. The van der Waals surface area contributed by atoms with Gasteiger partial charge >= 0.3 is 12.1 Å². The summed E-state index contributed by atoms with van der Waals surface area (Å²) in [6, 6.07) is 0. The van der Waals surface area contributed by atoms with Crippen LogP contribution < -0.4 is 0 Å². The summed E-state index contributed by atoms with van der Waals surface area (Å²) in [5.74, 6) is -0.712. The first-order valence-electron chi connectivity index (χ1n) is 6.02. The molecule has 0 radical (unpaired) electrons. The highest BCUT2D eigenvalue weighted by Crippen LogP contribution is 2.35. The van der Waals surface area contributed by atoms with E-state index in [1.54, 1.807) is 13.8 Å². The van der Waals surface area contributed by atoms with Crippen LogP contribution in [-0.2, 0) is 9.53 Å². The van der Waals surface area contributed by atoms with Crippen molar-refractivity contribution in [3.05, 3.63) is 12.2 Å². The van der Waals surface area contributed by atoms with Crippen molar-refractivity contribution in [2.75, 3.05) is 0 Å². The fraction of sp³-hybridized carbons (Fsp3) is 0.769. The van der Waals surface area contributed by atoms with Crippen molar-refractivity contribution in [3.8, 4) is 0 Å². The van der Waals surface area contributed by atoms with Gasteiger partial charge in [0.2, 0.25) is 0 Å². The summed E-state index contributed by atoms with van der Waals surface area (Å²) in [7, 11) is 0. The molecule has 0 spiro atoms. The second-order valence-corrected chi connectivity index (χ2v) is 5.41. The number of halogens is 3. The molecule has 0 aliphatic carbocycles. The standard InChI is InChI=1S/C13H21F3O3/c1-8(2)6-10(19-11(17)9(3)4)7-12(5,18)13(14,15)16/h8,10,18H,3,6-7H2,1-2,4-5H3. The number of alkyl halides is 3. The van der Waals surface area contributed by atoms with Gasteiger partial charge in [-0.1, -0.05) is 20.4 Å². The normalized spacial score (nSPS) is 16.9. The lowest BCUT2D eigenvalue weighted by molar-refractivity contribution is -0.262. The van der Waals surface area contributed by atoms with Gasteiger partial charge in [-0.05, 0) is 26.2 Å². The molecular formula is C13H21F3O3. The Morgan fingerprint density at radius 3 is 2.16 bits per heavy atom. The minimum atomic E-state index is -4.77. The highest BCUT2D eigenvalue weighted by atomic mass is 19.4. The first-order valence-corrected chi connectivity index (χ1v) is 6.02. The van der Waals surface area contributed by atoms with E-state index in [0.717, 1.165) is 0 Å². The number of aliphatic hydroxyl groups is 1. The minimum Gasteiger partial charge on any atom is -0.459 e. The molecule has 0 heterocycles. The van der Waals surface area contributed by atoms with Gasteiger partial charge in [-0.15, -0.1) is 0 Å². The van der Waals surface area contributed by atoms with Crippen molar-refractivity contribution < 1.29 is 27.8 Å². The zero-order valence-electron chi connectivity index (χ0n) is 11.7. The fourth-order valence-electron chi connectivity index (χ4n) is 1.51. The van der Waals surface area contributed by atoms with Crippen molar-refractivity contribution in [1.82, 2.24) is 0 Å². The highest BCUT2D eigenvalue weighted by Gasteiger charge is 2.51. The van der Waals surface area contributed by atoms with Gasteiger partial charge in [-0.25, -0.2) is 4.79 Å². The third kappa shape index (κ3) is 6.09. The molecule has 2 atom stereocenters. The molecule has 0 amide bonds. The molecule has 0 aliphatic rings. The van der Waals surface area contributed by atoms with E-state index >= 15 is 0 Å². The van der Waals surface area contributed by atoms with Crippen LogP contribution in [0.25, 0.3) is 0 Å². The zero-order chi connectivity index (χ0) is 15.4. The lowest BCUT2D eigenvalue weighted by Crippen LogP contribution is -2.45. The van der Waals surface area contributed by atoms with Gasteiger partial charge in [-0.3, -0.25) is 0 Å². The lowest BCUT2D eigenvalue weighted by Gasteiger charge is -2.31. The van der Waals surface area contributed by atoms with Crippen LogP contribution in [0.5, 0.6) is 0 Å². The molecule has 0 aliphatic heterocycles. The predicted molar refractivity (Wildman–Crippen MR) is 65.4 cm³/mol. The Morgan fingerprint density at radius 1 is 1.37 bits per heavy atom. The maximum Gasteiger partial charge on any atom is 0.417 e. The van der Waals surface area contributed by atoms with Crippen molar-refractivity contribution in [3.63, 3.8) is 0 Å². The summed E-state index contributed by atoms with van der Waals surface area (Å²) < 4.78 is 42.8. The topological polar surface area (TPSA) is 46.5 Å². The van der Waals surface area contributed by atoms with Crippen LogP contribution in [0.15, 0.2) is 12.2 Å². The van der Waals surface area contributed by atoms with E-state index in [9.17, 15) is 23.1 Å². The zero-order valence-corrected chi connectivity index (χ0v) is 11.7. The summed E-state index contributed by atoms with van der Waals surface area (Å²) >= 11 is 0. The monoisotopic (exact) mass is 282 g/mol. The molecule has 0 aromatic carbocycles. The molecule has 0 aromatic heterocycles. The summed E-state index contributed by atoms with van der Waals surface area (Å²) in [5, 5.41) is 9.45. The van der Waals surface area contributed by atoms with Crippen LogP contribution in [0.2, 0.25) is 0 Å². The summed E-state index contributed by atoms with van der Waals surface area (Å²) in [5.41, 5.74) is -2.78. The summed E-state index contributed by atoms with van der Waals surface area (Å²) in [6.07, 6.45) is -6.21. The van der Waals surface area contributed by atoms with Gasteiger partial charge < -0.3 is 9.84 Å². The molecule has 112 valence electrons. The van der Waals surface area contributed by atoms with Crippen LogP contribution in [0.4, 0.5) is 13.2 Å². The Kier molecular flexibility index (Phi) is 6.06.